The summed E-state index contributed by atoms with van der Waals surface area (Å²) in [6.07, 6.45) is 0.164. The van der Waals surface area contributed by atoms with Crippen LogP contribution < -0.4 is 5.32 Å². The van der Waals surface area contributed by atoms with E-state index < -0.39 is 18.0 Å². The number of nitrogens with one attached hydrogen (secondary N) is 1. The van der Waals surface area contributed by atoms with Crippen molar-refractivity contribution in [2.75, 3.05) is 6.54 Å². The monoisotopic (exact) mass is 294 g/mol. The Balaban J connectivity index is 2.76. The van der Waals surface area contributed by atoms with Gasteiger partial charge in [-0.05, 0) is 38.5 Å². The van der Waals surface area contributed by atoms with E-state index in [0.29, 0.717) is 6.54 Å². The first kappa shape index (κ1) is 16.8. The molecule has 1 atom stereocenters. The van der Waals surface area contributed by atoms with Crippen LogP contribution in [0.1, 0.15) is 26.3 Å². The minimum Gasteiger partial charge on any atom is -0.508 e. The zero-order chi connectivity index (χ0) is 16.0. The maximum atomic E-state index is 12.1. The van der Waals surface area contributed by atoms with Crippen LogP contribution in [0.15, 0.2) is 24.3 Å². The molecule has 116 valence electrons. The van der Waals surface area contributed by atoms with Crippen LogP contribution in [0.3, 0.4) is 0 Å². The van der Waals surface area contributed by atoms with Gasteiger partial charge in [-0.15, -0.1) is 0 Å². The summed E-state index contributed by atoms with van der Waals surface area (Å²) in [6, 6.07) is 4.85. The Morgan fingerprint density at radius 2 is 1.81 bits per heavy atom. The van der Waals surface area contributed by atoms with Crippen LogP contribution >= 0.6 is 0 Å². The Bertz CT molecular complexity index is 485. The second-order valence-corrected chi connectivity index (χ2v) is 5.09. The number of carboxylic acid groups (broad SMARTS) is 1. The average molecular weight is 294 g/mol. The number of amides is 2. The van der Waals surface area contributed by atoms with Gasteiger partial charge in [0.05, 0.1) is 0 Å². The summed E-state index contributed by atoms with van der Waals surface area (Å²) in [5.74, 6) is -0.970. The van der Waals surface area contributed by atoms with Crippen molar-refractivity contribution in [1.82, 2.24) is 10.2 Å². The Labute approximate surface area is 124 Å². The molecule has 1 rings (SSSR count). The van der Waals surface area contributed by atoms with E-state index in [1.54, 1.807) is 17.0 Å². The minimum absolute atomic E-state index is 0.00174. The number of aliphatic carboxylic acids is 1. The molecule has 0 aliphatic heterocycles. The summed E-state index contributed by atoms with van der Waals surface area (Å²) in [7, 11) is 0. The van der Waals surface area contributed by atoms with Gasteiger partial charge in [0.25, 0.3) is 0 Å². The lowest BCUT2D eigenvalue weighted by Crippen LogP contribution is -2.50. The van der Waals surface area contributed by atoms with Crippen LogP contribution in [0, 0.1) is 0 Å². The number of carbonyl (C=O) groups is 2. The van der Waals surface area contributed by atoms with Gasteiger partial charge in [0.2, 0.25) is 0 Å². The number of hydrogen-bond donors (Lipinski definition) is 3. The predicted octanol–water partition coefficient (Wildman–Crippen LogP) is 1.83. The molecule has 2 amide bonds. The third-order valence-corrected chi connectivity index (χ3v) is 3.20. The van der Waals surface area contributed by atoms with Gasteiger partial charge in [-0.1, -0.05) is 12.1 Å². The van der Waals surface area contributed by atoms with E-state index in [1.807, 2.05) is 20.8 Å². The Kier molecular flexibility index (Phi) is 6.02. The lowest BCUT2D eigenvalue weighted by Gasteiger charge is -2.27. The van der Waals surface area contributed by atoms with E-state index in [0.717, 1.165) is 5.56 Å². The molecule has 1 aromatic carbocycles. The summed E-state index contributed by atoms with van der Waals surface area (Å²) >= 11 is 0. The topological polar surface area (TPSA) is 89.9 Å². The molecular formula is C15H22N2O4. The van der Waals surface area contributed by atoms with E-state index in [-0.39, 0.29) is 18.2 Å². The summed E-state index contributed by atoms with van der Waals surface area (Å²) in [4.78, 5) is 25.0. The van der Waals surface area contributed by atoms with Crippen molar-refractivity contribution in [3.05, 3.63) is 29.8 Å². The Morgan fingerprint density at radius 1 is 1.24 bits per heavy atom. The lowest BCUT2D eigenvalue weighted by atomic mass is 10.1. The van der Waals surface area contributed by atoms with Gasteiger partial charge >= 0.3 is 12.0 Å². The fraction of sp³-hybridized carbons (Fsp3) is 0.467. The summed E-state index contributed by atoms with van der Waals surface area (Å²) in [6.45, 7) is 6.10. The van der Waals surface area contributed by atoms with Gasteiger partial charge in [0.15, 0.2) is 0 Å². The summed E-state index contributed by atoms with van der Waals surface area (Å²) in [5, 5.41) is 21.0. The van der Waals surface area contributed by atoms with Crippen LogP contribution in [0.5, 0.6) is 5.75 Å². The third-order valence-electron chi connectivity index (χ3n) is 3.20. The normalized spacial score (nSPS) is 12.0. The number of phenols is 1. The Hall–Kier alpha value is -2.24. The smallest absolute Gasteiger partial charge is 0.326 e. The molecule has 0 saturated carbocycles. The number of rotatable bonds is 6. The molecule has 0 spiro atoms. The fourth-order valence-electron chi connectivity index (χ4n) is 2.04. The zero-order valence-corrected chi connectivity index (χ0v) is 12.5. The van der Waals surface area contributed by atoms with Gasteiger partial charge in [-0.3, -0.25) is 0 Å². The van der Waals surface area contributed by atoms with Crippen LogP contribution in [0.4, 0.5) is 4.79 Å². The molecule has 0 heterocycles. The molecule has 0 aromatic heterocycles. The van der Waals surface area contributed by atoms with Crippen LogP contribution in [-0.4, -0.2) is 45.7 Å². The van der Waals surface area contributed by atoms with Gasteiger partial charge < -0.3 is 20.4 Å². The fourth-order valence-corrected chi connectivity index (χ4v) is 2.04. The van der Waals surface area contributed by atoms with Crippen molar-refractivity contribution in [3.8, 4) is 5.75 Å². The van der Waals surface area contributed by atoms with Crippen molar-refractivity contribution in [1.29, 1.82) is 0 Å². The predicted molar refractivity (Wildman–Crippen MR) is 79.3 cm³/mol. The van der Waals surface area contributed by atoms with Crippen molar-refractivity contribution in [2.45, 2.75) is 39.3 Å². The van der Waals surface area contributed by atoms with E-state index >= 15 is 0 Å². The van der Waals surface area contributed by atoms with E-state index in [4.69, 9.17) is 0 Å². The molecule has 6 heteroatoms. The lowest BCUT2D eigenvalue weighted by molar-refractivity contribution is -0.139. The average Bonchev–Trinajstić information content (AvgIpc) is 2.40. The van der Waals surface area contributed by atoms with Crippen LogP contribution in [-0.2, 0) is 11.2 Å². The second kappa shape index (κ2) is 7.52. The summed E-state index contributed by atoms with van der Waals surface area (Å²) in [5.41, 5.74) is 0.730. The molecule has 0 aliphatic rings. The van der Waals surface area contributed by atoms with Gasteiger partial charge in [0, 0.05) is 19.0 Å². The highest BCUT2D eigenvalue weighted by molar-refractivity contribution is 5.83. The molecule has 1 aromatic rings. The standard InChI is InChI=1S/C15H22N2O4/c1-4-17(10(2)3)15(21)16-13(14(19)20)9-11-5-7-12(18)8-6-11/h5-8,10,13,18H,4,9H2,1-3H3,(H,16,21)(H,19,20)/t13-/m0/s1. The SMILES string of the molecule is CCN(C(=O)N[C@@H](Cc1ccc(O)cc1)C(=O)O)C(C)C. The minimum atomic E-state index is -1.09. The van der Waals surface area contributed by atoms with Gasteiger partial charge in [-0.2, -0.15) is 0 Å². The summed E-state index contributed by atoms with van der Waals surface area (Å²) < 4.78 is 0. The van der Waals surface area contributed by atoms with Gasteiger partial charge in [-0.25, -0.2) is 9.59 Å². The highest BCUT2D eigenvalue weighted by atomic mass is 16.4. The quantitative estimate of drug-likeness (QED) is 0.746. The second-order valence-electron chi connectivity index (χ2n) is 5.09. The number of phenolic OH excluding ortho intramolecular Hbond substituents is 1. The largest absolute Gasteiger partial charge is 0.508 e. The first-order valence-electron chi connectivity index (χ1n) is 6.93. The first-order valence-corrected chi connectivity index (χ1v) is 6.93. The third kappa shape index (κ3) is 4.98. The van der Waals surface area contributed by atoms with Crippen LogP contribution in [0.2, 0.25) is 0 Å². The molecule has 3 N–H and O–H groups in total. The number of carbonyl (C=O) groups excluding carboxylic acids is 1. The molecule has 21 heavy (non-hydrogen) atoms. The molecule has 0 saturated heterocycles. The van der Waals surface area contributed by atoms with E-state index in [9.17, 15) is 19.8 Å². The number of nitrogens with zero attached hydrogens (tertiary/aromatic N) is 1. The van der Waals surface area contributed by atoms with E-state index in [2.05, 4.69) is 5.32 Å². The molecule has 0 fully saturated rings. The first-order chi connectivity index (χ1) is 9.85. The highest BCUT2D eigenvalue weighted by Crippen LogP contribution is 2.12. The number of aromatic hydroxyl groups is 1. The molecule has 0 radical (unpaired) electrons. The van der Waals surface area contributed by atoms with E-state index in [1.165, 1.54) is 12.1 Å². The van der Waals surface area contributed by atoms with Crippen LogP contribution in [0.25, 0.3) is 0 Å². The van der Waals surface area contributed by atoms with Crippen molar-refractivity contribution in [2.24, 2.45) is 0 Å². The maximum Gasteiger partial charge on any atom is 0.326 e. The molecule has 6 nitrogen and oxygen atoms in total. The molecule has 0 bridgehead atoms. The maximum absolute atomic E-state index is 12.1. The number of carboxylic acids is 1. The number of benzene rings is 1. The molecule has 0 unspecified atom stereocenters. The molecule has 0 aliphatic carbocycles. The molecular weight excluding hydrogens is 272 g/mol. The number of urea groups is 1. The number of hydrogen-bond acceptors (Lipinski definition) is 3. The Morgan fingerprint density at radius 3 is 2.24 bits per heavy atom. The highest BCUT2D eigenvalue weighted by Gasteiger charge is 2.24. The van der Waals surface area contributed by atoms with Crippen molar-refractivity contribution in [3.63, 3.8) is 0 Å². The van der Waals surface area contributed by atoms with Crippen molar-refractivity contribution < 1.29 is 19.8 Å². The zero-order valence-electron chi connectivity index (χ0n) is 12.5. The van der Waals surface area contributed by atoms with Crippen molar-refractivity contribution >= 4 is 12.0 Å². The van der Waals surface area contributed by atoms with Gasteiger partial charge in [0.1, 0.15) is 11.8 Å².